The van der Waals surface area contributed by atoms with Gasteiger partial charge in [-0.1, -0.05) is 12.2 Å². The topological polar surface area (TPSA) is 70.7 Å². The van der Waals surface area contributed by atoms with Crippen LogP contribution < -0.4 is 10.0 Å². The number of carbonyl (C=O) groups is 1. The first-order valence-corrected chi connectivity index (χ1v) is 11.4. The molecule has 1 spiro atoms. The van der Waals surface area contributed by atoms with E-state index in [0.717, 1.165) is 38.0 Å². The molecule has 1 saturated heterocycles. The largest absolute Gasteiger partial charge is 0.443 e. The van der Waals surface area contributed by atoms with Gasteiger partial charge in [0.05, 0.1) is 21.8 Å². The highest BCUT2D eigenvalue weighted by Gasteiger charge is 2.51. The highest BCUT2D eigenvalue weighted by molar-refractivity contribution is 7.84. The van der Waals surface area contributed by atoms with Gasteiger partial charge in [-0.3, -0.25) is 4.90 Å². The first kappa shape index (κ1) is 21.5. The summed E-state index contributed by atoms with van der Waals surface area (Å²) in [6, 6.07) is -0.123. The number of ether oxygens (including phenoxy) is 1. The van der Waals surface area contributed by atoms with Crippen LogP contribution in [0, 0.1) is 5.41 Å². The molecule has 7 heteroatoms. The molecule has 1 fully saturated rings. The number of amides is 1. The lowest BCUT2D eigenvalue weighted by Gasteiger charge is -2.42. The average molecular weight is 410 g/mol. The minimum Gasteiger partial charge on any atom is -0.443 e. The van der Waals surface area contributed by atoms with Crippen LogP contribution in [-0.4, -0.2) is 51.2 Å². The molecule has 2 heterocycles. The van der Waals surface area contributed by atoms with Gasteiger partial charge in [0.15, 0.2) is 0 Å². The molecule has 28 heavy (non-hydrogen) atoms. The fourth-order valence-electron chi connectivity index (χ4n) is 4.26. The van der Waals surface area contributed by atoms with Gasteiger partial charge in [0.25, 0.3) is 0 Å². The summed E-state index contributed by atoms with van der Waals surface area (Å²) < 4.78 is 21.8. The number of hydrogen-bond donors (Lipinski definition) is 2. The summed E-state index contributed by atoms with van der Waals surface area (Å²) in [5.41, 5.74) is 1.55. The Labute approximate surface area is 171 Å². The smallest absolute Gasteiger partial charge is 0.414 e. The first-order chi connectivity index (χ1) is 12.9. The quantitative estimate of drug-likeness (QED) is 0.735. The lowest BCUT2D eigenvalue weighted by Crippen LogP contribution is -2.54. The van der Waals surface area contributed by atoms with E-state index < -0.39 is 16.6 Å². The molecule has 2 N–H and O–H groups in total. The van der Waals surface area contributed by atoms with E-state index in [1.807, 2.05) is 47.6 Å². The highest BCUT2D eigenvalue weighted by atomic mass is 32.2. The average Bonchev–Trinajstić information content (AvgIpc) is 2.86. The standard InChI is InChI=1S/C21H35N3O3S/c1-19(2,3)27-18(25)24-13-7-8-15-14-21(9-11-22-12-10-21)17(16(15)24)23-28(26)20(4,5)6/h7-8,17,22-23H,9-14H2,1-6H3/t17-,28-/m1/s1. The normalized spacial score (nSPS) is 25.8. The van der Waals surface area contributed by atoms with Crippen LogP contribution in [0.1, 0.15) is 60.8 Å². The molecular formula is C21H35N3O3S. The number of rotatable bonds is 2. The molecule has 3 rings (SSSR count). The Morgan fingerprint density at radius 1 is 1.25 bits per heavy atom. The summed E-state index contributed by atoms with van der Waals surface area (Å²) in [6.45, 7) is 13.9. The summed E-state index contributed by atoms with van der Waals surface area (Å²) in [6.07, 6.45) is 6.73. The molecule has 0 aromatic heterocycles. The fourth-order valence-corrected chi connectivity index (χ4v) is 5.19. The van der Waals surface area contributed by atoms with Gasteiger partial charge in [-0.15, -0.1) is 0 Å². The van der Waals surface area contributed by atoms with Gasteiger partial charge in [0, 0.05) is 12.2 Å². The molecule has 1 amide bonds. The third kappa shape index (κ3) is 4.36. The molecule has 0 aromatic carbocycles. The lowest BCUT2D eigenvalue weighted by molar-refractivity contribution is 0.0305. The number of nitrogens with one attached hydrogen (secondary N) is 2. The summed E-state index contributed by atoms with van der Waals surface area (Å²) in [5, 5.41) is 3.44. The molecule has 2 atom stereocenters. The Hall–Kier alpha value is -1.18. The molecule has 6 nitrogen and oxygen atoms in total. The molecule has 0 radical (unpaired) electrons. The number of carbonyl (C=O) groups excluding carboxylic acids is 1. The van der Waals surface area contributed by atoms with Crippen LogP contribution in [0.4, 0.5) is 4.79 Å². The van der Waals surface area contributed by atoms with E-state index in [9.17, 15) is 9.00 Å². The summed E-state index contributed by atoms with van der Waals surface area (Å²) in [7, 11) is -1.22. The number of allylic oxidation sites excluding steroid dienone is 2. The second kappa shape index (κ2) is 7.58. The maximum atomic E-state index is 13.0. The Bertz CT molecular complexity index is 709. The number of piperidine rings is 1. The van der Waals surface area contributed by atoms with Crippen molar-refractivity contribution in [2.45, 2.75) is 77.2 Å². The Balaban J connectivity index is 1.96. The molecular weight excluding hydrogens is 374 g/mol. The summed E-state index contributed by atoms with van der Waals surface area (Å²) in [5.74, 6) is 0. The van der Waals surface area contributed by atoms with Crippen LogP contribution in [-0.2, 0) is 15.7 Å². The van der Waals surface area contributed by atoms with E-state index in [0.29, 0.717) is 6.54 Å². The molecule has 3 aliphatic rings. The third-order valence-corrected chi connectivity index (χ3v) is 7.21. The SMILES string of the molecule is CC(C)(C)OC(=O)N1CC=CC2=C1[C@@H](N[S@](=O)C(C)(C)C)C1(CCNCC1)C2. The Morgan fingerprint density at radius 2 is 1.89 bits per heavy atom. The zero-order valence-electron chi connectivity index (χ0n) is 18.1. The molecule has 0 unspecified atom stereocenters. The number of nitrogens with zero attached hydrogens (tertiary/aromatic N) is 1. The van der Waals surface area contributed by atoms with Crippen molar-refractivity contribution >= 4 is 17.1 Å². The van der Waals surface area contributed by atoms with Crippen molar-refractivity contribution in [3.05, 3.63) is 23.4 Å². The van der Waals surface area contributed by atoms with Crippen molar-refractivity contribution in [2.24, 2.45) is 5.41 Å². The van der Waals surface area contributed by atoms with Gasteiger partial charge in [-0.25, -0.2) is 13.7 Å². The predicted octanol–water partition coefficient (Wildman–Crippen LogP) is 3.24. The molecule has 0 bridgehead atoms. The molecule has 0 aromatic rings. The van der Waals surface area contributed by atoms with Crippen LogP contribution in [0.3, 0.4) is 0 Å². The van der Waals surface area contributed by atoms with E-state index in [2.05, 4.69) is 16.1 Å². The second-order valence-electron chi connectivity index (χ2n) is 10.1. The van der Waals surface area contributed by atoms with Gasteiger partial charge in [0.2, 0.25) is 0 Å². The van der Waals surface area contributed by atoms with Gasteiger partial charge < -0.3 is 10.1 Å². The van der Waals surface area contributed by atoms with Crippen LogP contribution in [0.5, 0.6) is 0 Å². The van der Waals surface area contributed by atoms with E-state index in [1.54, 1.807) is 4.90 Å². The zero-order valence-corrected chi connectivity index (χ0v) is 18.9. The van der Waals surface area contributed by atoms with Crippen LogP contribution in [0.25, 0.3) is 0 Å². The highest BCUT2D eigenvalue weighted by Crippen LogP contribution is 2.50. The van der Waals surface area contributed by atoms with Crippen molar-refractivity contribution in [1.82, 2.24) is 14.9 Å². The Morgan fingerprint density at radius 3 is 2.46 bits per heavy atom. The Kier molecular flexibility index (Phi) is 5.82. The zero-order chi connectivity index (χ0) is 20.7. The van der Waals surface area contributed by atoms with Gasteiger partial charge in [-0.2, -0.15) is 0 Å². The number of hydrogen-bond acceptors (Lipinski definition) is 4. The maximum Gasteiger partial charge on any atom is 0.414 e. The maximum absolute atomic E-state index is 13.0. The van der Waals surface area contributed by atoms with Crippen molar-refractivity contribution in [3.63, 3.8) is 0 Å². The predicted molar refractivity (Wildman–Crippen MR) is 113 cm³/mol. The molecule has 158 valence electrons. The minimum atomic E-state index is -1.22. The van der Waals surface area contributed by atoms with E-state index in [4.69, 9.17) is 4.74 Å². The van der Waals surface area contributed by atoms with E-state index >= 15 is 0 Å². The van der Waals surface area contributed by atoms with Crippen molar-refractivity contribution in [1.29, 1.82) is 0 Å². The second-order valence-corrected chi connectivity index (χ2v) is 12.1. The van der Waals surface area contributed by atoms with E-state index in [1.165, 1.54) is 5.57 Å². The van der Waals surface area contributed by atoms with Crippen molar-refractivity contribution in [2.75, 3.05) is 19.6 Å². The van der Waals surface area contributed by atoms with E-state index in [-0.39, 0.29) is 22.3 Å². The van der Waals surface area contributed by atoms with Crippen LogP contribution in [0.15, 0.2) is 23.4 Å². The first-order valence-electron chi connectivity index (χ1n) is 10.2. The molecule has 0 saturated carbocycles. The summed E-state index contributed by atoms with van der Waals surface area (Å²) >= 11 is 0. The monoisotopic (exact) mass is 409 g/mol. The summed E-state index contributed by atoms with van der Waals surface area (Å²) in [4.78, 5) is 14.7. The van der Waals surface area contributed by atoms with Gasteiger partial charge in [0.1, 0.15) is 5.60 Å². The van der Waals surface area contributed by atoms with Crippen molar-refractivity contribution < 1.29 is 13.7 Å². The fraction of sp³-hybridized carbons (Fsp3) is 0.762. The lowest BCUT2D eigenvalue weighted by atomic mass is 9.73. The van der Waals surface area contributed by atoms with Crippen LogP contribution >= 0.6 is 0 Å². The van der Waals surface area contributed by atoms with Gasteiger partial charge >= 0.3 is 6.09 Å². The van der Waals surface area contributed by atoms with Crippen LogP contribution in [0.2, 0.25) is 0 Å². The minimum absolute atomic E-state index is 0.0221. The third-order valence-electron chi connectivity index (χ3n) is 5.65. The molecule has 2 aliphatic heterocycles. The van der Waals surface area contributed by atoms with Crippen molar-refractivity contribution in [3.8, 4) is 0 Å². The van der Waals surface area contributed by atoms with Gasteiger partial charge in [-0.05, 0) is 84.9 Å². The molecule has 1 aliphatic carbocycles.